The Balaban J connectivity index is 4.23. The van der Waals surface area contributed by atoms with Gasteiger partial charge in [-0.15, -0.1) is 0 Å². The fraction of sp³-hybridized carbons (Fsp3) is 1.00. The number of hydrogen-bond acceptors (Lipinski definition) is 1. The van der Waals surface area contributed by atoms with Crippen molar-refractivity contribution in [3.63, 3.8) is 0 Å². The summed E-state index contributed by atoms with van der Waals surface area (Å²) in [6.45, 7) is 16.7. The van der Waals surface area contributed by atoms with Crippen LogP contribution in [-0.2, 0) is 0 Å². The molecule has 1 unspecified atom stereocenters. The van der Waals surface area contributed by atoms with E-state index in [0.717, 1.165) is 6.54 Å². The summed E-state index contributed by atoms with van der Waals surface area (Å²) < 4.78 is 0. The summed E-state index contributed by atoms with van der Waals surface area (Å²) in [6, 6.07) is 1.45. The molecule has 0 spiro atoms. The lowest BCUT2D eigenvalue weighted by atomic mass is 9.87. The average molecular weight is 215 g/mol. The molecular weight excluding hydrogens is 186 g/mol. The van der Waals surface area contributed by atoms with Gasteiger partial charge in [0.25, 0.3) is 0 Å². The molecule has 0 aliphatic heterocycles. The Morgan fingerprint density at radius 3 is 2.07 bits per heavy atom. The summed E-state index contributed by atoms with van der Waals surface area (Å²) in [5, 5.41) is 3.52. The van der Waals surface area contributed by atoms with Crippen molar-refractivity contribution in [2.75, 3.05) is 13.1 Å². The highest BCUT2D eigenvalue weighted by Crippen LogP contribution is 2.32. The maximum atomic E-state index is 3.52. The van der Waals surface area contributed by atoms with E-state index in [-0.39, 0.29) is 0 Å². The molecule has 0 bridgehead atoms. The van der Waals surface area contributed by atoms with Crippen LogP contribution in [0.4, 0.5) is 0 Å². The van der Waals surface area contributed by atoms with E-state index in [2.05, 4.69) is 45.7 Å². The first-order chi connectivity index (χ1) is 6.33. The largest absolute Gasteiger partial charge is 0.316 e. The van der Waals surface area contributed by atoms with Gasteiger partial charge >= 0.3 is 0 Å². The smallest absolute Gasteiger partial charge is 0.0448 e. The lowest BCUT2D eigenvalue weighted by Gasteiger charge is -2.35. The minimum atomic E-state index is -0.920. The summed E-state index contributed by atoms with van der Waals surface area (Å²) in [6.07, 6.45) is 2.68. The number of nitrogens with one attached hydrogen (secondary N) is 1. The molecule has 0 saturated carbocycles. The fourth-order valence-corrected chi connectivity index (χ4v) is 5.41. The Morgan fingerprint density at radius 1 is 1.14 bits per heavy atom. The lowest BCUT2D eigenvalue weighted by Crippen LogP contribution is -2.38. The van der Waals surface area contributed by atoms with Crippen LogP contribution in [0.5, 0.6) is 0 Å². The highest BCUT2D eigenvalue weighted by Gasteiger charge is 2.29. The van der Waals surface area contributed by atoms with Crippen molar-refractivity contribution >= 4 is 8.07 Å². The van der Waals surface area contributed by atoms with E-state index in [4.69, 9.17) is 0 Å². The van der Waals surface area contributed by atoms with Crippen LogP contribution in [0.2, 0.25) is 25.7 Å². The summed E-state index contributed by atoms with van der Waals surface area (Å²) >= 11 is 0. The third-order valence-electron chi connectivity index (χ3n) is 2.61. The molecule has 0 aliphatic rings. The normalized spacial score (nSPS) is 16.7. The molecule has 0 saturated heterocycles. The molecular formula is C12H29NSi. The van der Waals surface area contributed by atoms with Gasteiger partial charge in [0.05, 0.1) is 0 Å². The molecule has 1 nitrogen and oxygen atoms in total. The van der Waals surface area contributed by atoms with Crippen molar-refractivity contribution in [1.82, 2.24) is 5.32 Å². The van der Waals surface area contributed by atoms with Crippen LogP contribution in [0.3, 0.4) is 0 Å². The maximum absolute atomic E-state index is 3.52. The van der Waals surface area contributed by atoms with Gasteiger partial charge in [-0.25, -0.2) is 0 Å². The standard InChI is InChI=1S/C12H29NSi/c1-7-9-12(3,10-13-8-2)11-14(4,5)6/h13H,7-11H2,1-6H3. The van der Waals surface area contributed by atoms with Gasteiger partial charge in [0.15, 0.2) is 0 Å². The summed E-state index contributed by atoms with van der Waals surface area (Å²) in [4.78, 5) is 0. The Kier molecular flexibility index (Phi) is 5.99. The molecule has 2 heteroatoms. The highest BCUT2D eigenvalue weighted by atomic mass is 28.3. The average Bonchev–Trinajstić information content (AvgIpc) is 1.98. The molecule has 0 heterocycles. The van der Waals surface area contributed by atoms with Gasteiger partial charge < -0.3 is 5.32 Å². The molecule has 0 aromatic heterocycles. The molecule has 1 N–H and O–H groups in total. The van der Waals surface area contributed by atoms with Crippen molar-refractivity contribution in [3.8, 4) is 0 Å². The van der Waals surface area contributed by atoms with E-state index in [1.54, 1.807) is 0 Å². The summed E-state index contributed by atoms with van der Waals surface area (Å²) in [7, 11) is -0.920. The zero-order chi connectivity index (χ0) is 11.2. The first-order valence-electron chi connectivity index (χ1n) is 6.04. The van der Waals surface area contributed by atoms with Crippen molar-refractivity contribution in [1.29, 1.82) is 0 Å². The van der Waals surface area contributed by atoms with Gasteiger partial charge in [-0.3, -0.25) is 0 Å². The Morgan fingerprint density at radius 2 is 1.71 bits per heavy atom. The zero-order valence-corrected chi connectivity index (χ0v) is 12.0. The van der Waals surface area contributed by atoms with E-state index in [1.807, 2.05) is 0 Å². The monoisotopic (exact) mass is 215 g/mol. The van der Waals surface area contributed by atoms with E-state index >= 15 is 0 Å². The van der Waals surface area contributed by atoms with Crippen LogP contribution in [0.15, 0.2) is 0 Å². The molecule has 0 amide bonds. The number of rotatable bonds is 7. The number of hydrogen-bond donors (Lipinski definition) is 1. The fourth-order valence-electron chi connectivity index (χ4n) is 2.55. The van der Waals surface area contributed by atoms with Crippen molar-refractivity contribution in [2.24, 2.45) is 5.41 Å². The third kappa shape index (κ3) is 6.60. The van der Waals surface area contributed by atoms with Crippen LogP contribution in [0.25, 0.3) is 0 Å². The molecule has 86 valence electrons. The van der Waals surface area contributed by atoms with Crippen LogP contribution in [-0.4, -0.2) is 21.2 Å². The second-order valence-electron chi connectivity index (χ2n) is 6.08. The predicted molar refractivity (Wildman–Crippen MR) is 69.7 cm³/mol. The molecule has 14 heavy (non-hydrogen) atoms. The van der Waals surface area contributed by atoms with Gasteiger partial charge in [0.1, 0.15) is 0 Å². The molecule has 0 aromatic carbocycles. The second kappa shape index (κ2) is 5.91. The van der Waals surface area contributed by atoms with Gasteiger partial charge in [0.2, 0.25) is 0 Å². The van der Waals surface area contributed by atoms with Gasteiger partial charge in [-0.05, 0) is 18.4 Å². The summed E-state index contributed by atoms with van der Waals surface area (Å²) in [5.74, 6) is 0. The highest BCUT2D eigenvalue weighted by molar-refractivity contribution is 6.76. The predicted octanol–water partition coefficient (Wildman–Crippen LogP) is 3.74. The lowest BCUT2D eigenvalue weighted by molar-refractivity contribution is 0.310. The van der Waals surface area contributed by atoms with Crippen molar-refractivity contribution in [2.45, 2.75) is 59.3 Å². The molecule has 0 aliphatic carbocycles. The van der Waals surface area contributed by atoms with Gasteiger partial charge in [-0.2, -0.15) is 0 Å². The minimum Gasteiger partial charge on any atom is -0.316 e. The Bertz CT molecular complexity index is 151. The molecule has 0 fully saturated rings. The molecule has 0 radical (unpaired) electrons. The third-order valence-corrected chi connectivity index (χ3v) is 4.53. The van der Waals surface area contributed by atoms with Crippen molar-refractivity contribution < 1.29 is 0 Å². The van der Waals surface area contributed by atoms with Crippen LogP contribution < -0.4 is 5.32 Å². The van der Waals surface area contributed by atoms with E-state index < -0.39 is 8.07 Å². The van der Waals surface area contributed by atoms with Crippen LogP contribution in [0, 0.1) is 5.41 Å². The van der Waals surface area contributed by atoms with Crippen molar-refractivity contribution in [3.05, 3.63) is 0 Å². The Hall–Kier alpha value is 0.177. The molecule has 0 rings (SSSR count). The topological polar surface area (TPSA) is 12.0 Å². The maximum Gasteiger partial charge on any atom is 0.0448 e. The van der Waals surface area contributed by atoms with Gasteiger partial charge in [0, 0.05) is 14.6 Å². The van der Waals surface area contributed by atoms with E-state index in [1.165, 1.54) is 25.4 Å². The first-order valence-corrected chi connectivity index (χ1v) is 9.74. The first kappa shape index (κ1) is 14.2. The van der Waals surface area contributed by atoms with E-state index in [0.29, 0.717) is 5.41 Å². The molecule has 0 aromatic rings. The van der Waals surface area contributed by atoms with E-state index in [9.17, 15) is 0 Å². The summed E-state index contributed by atoms with van der Waals surface area (Å²) in [5.41, 5.74) is 0.537. The second-order valence-corrected chi connectivity index (χ2v) is 11.6. The Labute approximate surface area is 91.7 Å². The quantitative estimate of drug-likeness (QED) is 0.638. The van der Waals surface area contributed by atoms with Crippen LogP contribution >= 0.6 is 0 Å². The van der Waals surface area contributed by atoms with Crippen LogP contribution in [0.1, 0.15) is 33.6 Å². The minimum absolute atomic E-state index is 0.537. The van der Waals surface area contributed by atoms with Gasteiger partial charge in [-0.1, -0.05) is 52.9 Å². The zero-order valence-electron chi connectivity index (χ0n) is 11.0. The SMILES string of the molecule is CCCC(C)(CNCC)C[Si](C)(C)C. The molecule has 1 atom stereocenters.